The van der Waals surface area contributed by atoms with Crippen LogP contribution >= 0.6 is 24.0 Å². The Kier molecular flexibility index (Phi) is 6.64. The van der Waals surface area contributed by atoms with E-state index in [2.05, 4.69) is 0 Å². The molecule has 1 aromatic carbocycles. The number of hydrogen-bond acceptors (Lipinski definition) is 1. The number of halogens is 8. The van der Waals surface area contributed by atoms with E-state index in [1.54, 1.807) is 0 Å². The van der Waals surface area contributed by atoms with Crippen molar-refractivity contribution < 1.29 is 26.3 Å². The first-order valence-corrected chi connectivity index (χ1v) is 5.57. The molecule has 0 heterocycles. The van der Waals surface area contributed by atoms with Gasteiger partial charge in [0.2, 0.25) is 0 Å². The SMILES string of the molecule is Cl.N[C@H](CCC(F)(F)F)c1cc(Cl)cc(C(F)(F)F)c1. The molecule has 0 radical (unpaired) electrons. The molecule has 1 aromatic rings. The van der Waals surface area contributed by atoms with Crippen LogP contribution in [0.4, 0.5) is 26.3 Å². The Morgan fingerprint density at radius 1 is 1.05 bits per heavy atom. The zero-order valence-electron chi connectivity index (χ0n) is 9.85. The monoisotopic (exact) mass is 341 g/mol. The smallest absolute Gasteiger partial charge is 0.324 e. The Bertz CT molecular complexity index is 444. The lowest BCUT2D eigenvalue weighted by Crippen LogP contribution is -2.16. The highest BCUT2D eigenvalue weighted by Gasteiger charge is 2.32. The zero-order chi connectivity index (χ0) is 14.8. The maximum atomic E-state index is 12.5. The van der Waals surface area contributed by atoms with Crippen LogP contribution in [0.25, 0.3) is 0 Å². The molecular formula is C11H11Cl2F6N. The van der Waals surface area contributed by atoms with Crippen LogP contribution in [0.1, 0.15) is 30.0 Å². The predicted molar refractivity (Wildman–Crippen MR) is 65.9 cm³/mol. The summed E-state index contributed by atoms with van der Waals surface area (Å²) in [5.41, 5.74) is 4.36. The minimum absolute atomic E-state index is 0. The van der Waals surface area contributed by atoms with E-state index in [1.165, 1.54) is 0 Å². The van der Waals surface area contributed by atoms with Crippen LogP contribution in [0, 0.1) is 0 Å². The van der Waals surface area contributed by atoms with Crippen molar-refractivity contribution in [3.63, 3.8) is 0 Å². The van der Waals surface area contributed by atoms with Crippen LogP contribution in [0.5, 0.6) is 0 Å². The molecular weight excluding hydrogens is 331 g/mol. The van der Waals surface area contributed by atoms with Gasteiger partial charge in [-0.3, -0.25) is 0 Å². The van der Waals surface area contributed by atoms with Crippen molar-refractivity contribution in [1.82, 2.24) is 0 Å². The highest BCUT2D eigenvalue weighted by molar-refractivity contribution is 6.30. The molecule has 0 aromatic heterocycles. The summed E-state index contributed by atoms with van der Waals surface area (Å²) in [6.07, 6.45) is -10.7. The third-order valence-electron chi connectivity index (χ3n) is 2.41. The van der Waals surface area contributed by atoms with Crippen molar-refractivity contribution in [1.29, 1.82) is 0 Å². The van der Waals surface area contributed by atoms with E-state index in [0.29, 0.717) is 12.1 Å². The Morgan fingerprint density at radius 3 is 2.05 bits per heavy atom. The summed E-state index contributed by atoms with van der Waals surface area (Å²) in [5.74, 6) is 0. The van der Waals surface area contributed by atoms with Gasteiger partial charge in [-0.2, -0.15) is 26.3 Å². The highest BCUT2D eigenvalue weighted by Crippen LogP contribution is 2.34. The third-order valence-corrected chi connectivity index (χ3v) is 2.63. The molecule has 0 aliphatic heterocycles. The van der Waals surface area contributed by atoms with Crippen molar-refractivity contribution in [3.05, 3.63) is 34.3 Å². The summed E-state index contributed by atoms with van der Waals surface area (Å²) in [5, 5.41) is -0.215. The molecule has 0 aliphatic carbocycles. The van der Waals surface area contributed by atoms with Crippen LogP contribution in [0.15, 0.2) is 18.2 Å². The maximum Gasteiger partial charge on any atom is 0.416 e. The lowest BCUT2D eigenvalue weighted by molar-refractivity contribution is -0.138. The fraction of sp³-hybridized carbons (Fsp3) is 0.455. The van der Waals surface area contributed by atoms with Crippen LogP contribution < -0.4 is 5.73 Å². The Labute approximate surface area is 122 Å². The topological polar surface area (TPSA) is 26.0 Å². The van der Waals surface area contributed by atoms with Gasteiger partial charge < -0.3 is 5.73 Å². The van der Waals surface area contributed by atoms with Crippen LogP contribution in [0.2, 0.25) is 5.02 Å². The standard InChI is InChI=1S/C11H10ClF6N.ClH/c12-8-4-6(3-7(5-8)11(16,17)18)9(19)1-2-10(13,14)15;/h3-5,9H,1-2,19H2;1H/t9-;/m1./s1. The fourth-order valence-electron chi connectivity index (χ4n) is 1.48. The van der Waals surface area contributed by atoms with E-state index in [9.17, 15) is 26.3 Å². The minimum Gasteiger partial charge on any atom is -0.324 e. The van der Waals surface area contributed by atoms with Gasteiger partial charge in [-0.1, -0.05) is 11.6 Å². The van der Waals surface area contributed by atoms with E-state index in [-0.39, 0.29) is 23.0 Å². The summed E-state index contributed by atoms with van der Waals surface area (Å²) in [6.45, 7) is 0. The third kappa shape index (κ3) is 6.19. The largest absolute Gasteiger partial charge is 0.416 e. The highest BCUT2D eigenvalue weighted by atomic mass is 35.5. The minimum atomic E-state index is -4.62. The van der Waals surface area contributed by atoms with E-state index in [4.69, 9.17) is 17.3 Å². The average Bonchev–Trinajstić information content (AvgIpc) is 2.22. The predicted octanol–water partition coefficient (Wildman–Crippen LogP) is 5.12. The van der Waals surface area contributed by atoms with Crippen molar-refractivity contribution in [3.8, 4) is 0 Å². The average molecular weight is 342 g/mol. The molecule has 0 bridgehead atoms. The first kappa shape index (κ1) is 19.3. The second kappa shape index (κ2) is 6.87. The molecule has 20 heavy (non-hydrogen) atoms. The summed E-state index contributed by atoms with van der Waals surface area (Å²) >= 11 is 5.51. The number of alkyl halides is 6. The van der Waals surface area contributed by atoms with Crippen molar-refractivity contribution in [2.24, 2.45) is 5.73 Å². The maximum absolute atomic E-state index is 12.5. The van der Waals surface area contributed by atoms with Crippen LogP contribution in [-0.4, -0.2) is 6.18 Å². The van der Waals surface area contributed by atoms with E-state index in [0.717, 1.165) is 6.07 Å². The number of benzene rings is 1. The molecule has 9 heteroatoms. The summed E-state index contributed by atoms with van der Waals surface area (Å²) < 4.78 is 73.6. The summed E-state index contributed by atoms with van der Waals surface area (Å²) in [6, 6.07) is 1.40. The van der Waals surface area contributed by atoms with Crippen LogP contribution in [0.3, 0.4) is 0 Å². The number of hydrogen-bond donors (Lipinski definition) is 1. The van der Waals surface area contributed by atoms with E-state index in [1.807, 2.05) is 0 Å². The molecule has 116 valence electrons. The Hall–Kier alpha value is -0.660. The number of rotatable bonds is 3. The first-order valence-electron chi connectivity index (χ1n) is 5.19. The molecule has 1 rings (SSSR count). The van der Waals surface area contributed by atoms with Gasteiger partial charge in [0.15, 0.2) is 0 Å². The van der Waals surface area contributed by atoms with Crippen molar-refractivity contribution in [2.45, 2.75) is 31.2 Å². The normalized spacial score (nSPS) is 13.8. The lowest BCUT2D eigenvalue weighted by Gasteiger charge is -2.16. The summed E-state index contributed by atoms with van der Waals surface area (Å²) in [7, 11) is 0. The molecule has 1 atom stereocenters. The molecule has 0 unspecified atom stereocenters. The van der Waals surface area contributed by atoms with Gasteiger partial charge in [0.25, 0.3) is 0 Å². The van der Waals surface area contributed by atoms with Gasteiger partial charge in [0.05, 0.1) is 5.56 Å². The van der Waals surface area contributed by atoms with Gasteiger partial charge in [-0.15, -0.1) is 12.4 Å². The van der Waals surface area contributed by atoms with Gasteiger partial charge >= 0.3 is 12.4 Å². The fourth-order valence-corrected chi connectivity index (χ4v) is 1.72. The molecule has 0 saturated carbocycles. The van der Waals surface area contributed by atoms with Gasteiger partial charge in [0, 0.05) is 17.5 Å². The Balaban J connectivity index is 0.00000361. The zero-order valence-corrected chi connectivity index (χ0v) is 11.4. The van der Waals surface area contributed by atoms with E-state index < -0.39 is 36.8 Å². The lowest BCUT2D eigenvalue weighted by atomic mass is 10.0. The van der Waals surface area contributed by atoms with Gasteiger partial charge in [-0.05, 0) is 30.2 Å². The second-order valence-corrected chi connectivity index (χ2v) is 4.47. The van der Waals surface area contributed by atoms with Gasteiger partial charge in [0.1, 0.15) is 0 Å². The first-order chi connectivity index (χ1) is 8.49. The number of nitrogens with two attached hydrogens (primary N) is 1. The molecule has 0 fully saturated rings. The molecule has 1 nitrogen and oxygen atoms in total. The molecule has 0 amide bonds. The Morgan fingerprint density at radius 2 is 1.60 bits per heavy atom. The second-order valence-electron chi connectivity index (χ2n) is 4.03. The molecule has 0 saturated heterocycles. The van der Waals surface area contributed by atoms with Crippen molar-refractivity contribution in [2.75, 3.05) is 0 Å². The van der Waals surface area contributed by atoms with E-state index >= 15 is 0 Å². The summed E-state index contributed by atoms with van der Waals surface area (Å²) in [4.78, 5) is 0. The molecule has 0 aliphatic rings. The quantitative estimate of drug-likeness (QED) is 0.758. The van der Waals surface area contributed by atoms with Gasteiger partial charge in [-0.25, -0.2) is 0 Å². The molecule has 2 N–H and O–H groups in total. The molecule has 0 spiro atoms. The van der Waals surface area contributed by atoms with Crippen LogP contribution in [-0.2, 0) is 6.18 Å². The van der Waals surface area contributed by atoms with Crippen molar-refractivity contribution >= 4 is 24.0 Å².